The molecule has 0 aliphatic carbocycles. The zero-order valence-electron chi connectivity index (χ0n) is 17.3. The molecule has 28 heavy (non-hydrogen) atoms. The highest BCUT2D eigenvalue weighted by Gasteiger charge is 2.18. The molecule has 2 amide bonds. The van der Waals surface area contributed by atoms with Crippen molar-refractivity contribution in [2.75, 3.05) is 13.7 Å². The molecule has 150 valence electrons. The highest BCUT2D eigenvalue weighted by Crippen LogP contribution is 2.22. The molecule has 0 radical (unpaired) electrons. The Hall–Kier alpha value is -2.82. The second-order valence-corrected chi connectivity index (χ2v) is 7.91. The zero-order chi connectivity index (χ0) is 20.7. The van der Waals surface area contributed by atoms with Crippen LogP contribution in [0, 0.1) is 0 Å². The van der Waals surface area contributed by atoms with Crippen molar-refractivity contribution in [1.82, 2.24) is 10.6 Å². The minimum Gasteiger partial charge on any atom is -0.497 e. The Kier molecular flexibility index (Phi) is 7.21. The van der Waals surface area contributed by atoms with Crippen molar-refractivity contribution in [2.24, 2.45) is 0 Å². The van der Waals surface area contributed by atoms with Crippen LogP contribution in [-0.4, -0.2) is 31.5 Å². The lowest BCUT2D eigenvalue weighted by atomic mass is 9.86. The molecule has 0 aliphatic heterocycles. The summed E-state index contributed by atoms with van der Waals surface area (Å²) >= 11 is 0. The molecule has 0 saturated heterocycles. The largest absolute Gasteiger partial charge is 0.497 e. The smallest absolute Gasteiger partial charge is 0.251 e. The van der Waals surface area contributed by atoms with Gasteiger partial charge in [-0.15, -0.1) is 0 Å². The third kappa shape index (κ3) is 6.12. The third-order valence-electron chi connectivity index (χ3n) is 4.63. The maximum Gasteiger partial charge on any atom is 0.251 e. The van der Waals surface area contributed by atoms with Gasteiger partial charge in [0.25, 0.3) is 5.91 Å². The van der Waals surface area contributed by atoms with E-state index in [4.69, 9.17) is 4.74 Å². The van der Waals surface area contributed by atoms with Gasteiger partial charge in [0, 0.05) is 12.1 Å². The Balaban J connectivity index is 1.81. The SMILES string of the molecule is COc1ccc(CCNC(=O)C(C)NC(=O)c2ccc(C(C)(C)C)cc2)cc1. The number of methoxy groups -OCH3 is 1. The van der Waals surface area contributed by atoms with Crippen LogP contribution in [0.2, 0.25) is 0 Å². The number of nitrogens with one attached hydrogen (secondary N) is 2. The van der Waals surface area contributed by atoms with E-state index in [1.165, 1.54) is 0 Å². The molecule has 2 aromatic rings. The van der Waals surface area contributed by atoms with Gasteiger partial charge >= 0.3 is 0 Å². The molecule has 0 saturated carbocycles. The quantitative estimate of drug-likeness (QED) is 0.770. The van der Waals surface area contributed by atoms with Gasteiger partial charge in [0.1, 0.15) is 11.8 Å². The maximum atomic E-state index is 12.4. The summed E-state index contributed by atoms with van der Waals surface area (Å²) < 4.78 is 5.13. The second kappa shape index (κ2) is 9.40. The van der Waals surface area contributed by atoms with E-state index < -0.39 is 6.04 Å². The molecule has 2 N–H and O–H groups in total. The number of benzene rings is 2. The number of hydrogen-bond acceptors (Lipinski definition) is 3. The van der Waals surface area contributed by atoms with Crippen LogP contribution in [0.3, 0.4) is 0 Å². The second-order valence-electron chi connectivity index (χ2n) is 7.91. The molecular weight excluding hydrogens is 352 g/mol. The Morgan fingerprint density at radius 3 is 2.14 bits per heavy atom. The first-order valence-corrected chi connectivity index (χ1v) is 9.53. The third-order valence-corrected chi connectivity index (χ3v) is 4.63. The monoisotopic (exact) mass is 382 g/mol. The molecule has 2 aromatic carbocycles. The predicted octanol–water partition coefficient (Wildman–Crippen LogP) is 3.47. The number of carbonyl (C=O) groups is 2. The van der Waals surface area contributed by atoms with Gasteiger partial charge in [-0.2, -0.15) is 0 Å². The molecule has 1 unspecified atom stereocenters. The van der Waals surface area contributed by atoms with Gasteiger partial charge in [0.2, 0.25) is 5.91 Å². The lowest BCUT2D eigenvalue weighted by molar-refractivity contribution is -0.122. The van der Waals surface area contributed by atoms with Crippen LogP contribution in [0.1, 0.15) is 49.2 Å². The summed E-state index contributed by atoms with van der Waals surface area (Å²) in [5.74, 6) is 0.353. The van der Waals surface area contributed by atoms with Crippen molar-refractivity contribution in [1.29, 1.82) is 0 Å². The lowest BCUT2D eigenvalue weighted by Crippen LogP contribution is -2.45. The first-order valence-electron chi connectivity index (χ1n) is 9.53. The highest BCUT2D eigenvalue weighted by atomic mass is 16.5. The Morgan fingerprint density at radius 1 is 1.00 bits per heavy atom. The van der Waals surface area contributed by atoms with Crippen LogP contribution in [0.4, 0.5) is 0 Å². The molecule has 0 bridgehead atoms. The van der Waals surface area contributed by atoms with E-state index in [9.17, 15) is 9.59 Å². The van der Waals surface area contributed by atoms with Gasteiger partial charge in [0.15, 0.2) is 0 Å². The fourth-order valence-corrected chi connectivity index (χ4v) is 2.74. The standard InChI is InChI=1S/C23H30N2O3/c1-16(21(26)24-15-14-17-6-12-20(28-5)13-7-17)25-22(27)18-8-10-19(11-9-18)23(2,3)4/h6-13,16H,14-15H2,1-5H3,(H,24,26)(H,25,27). The molecule has 5 nitrogen and oxygen atoms in total. The van der Waals surface area contributed by atoms with Crippen molar-refractivity contribution < 1.29 is 14.3 Å². The summed E-state index contributed by atoms with van der Waals surface area (Å²) in [6, 6.07) is 14.6. The van der Waals surface area contributed by atoms with Crippen LogP contribution < -0.4 is 15.4 Å². The lowest BCUT2D eigenvalue weighted by Gasteiger charge is -2.19. The Morgan fingerprint density at radius 2 is 1.61 bits per heavy atom. The topological polar surface area (TPSA) is 67.4 Å². The van der Waals surface area contributed by atoms with Gasteiger partial charge in [0.05, 0.1) is 7.11 Å². The van der Waals surface area contributed by atoms with Crippen LogP contribution in [-0.2, 0) is 16.6 Å². The number of carbonyl (C=O) groups excluding carboxylic acids is 2. The molecule has 0 aromatic heterocycles. The van der Waals surface area contributed by atoms with Crippen molar-refractivity contribution in [3.8, 4) is 5.75 Å². The van der Waals surface area contributed by atoms with Crippen molar-refractivity contribution in [3.63, 3.8) is 0 Å². The van der Waals surface area contributed by atoms with Crippen molar-refractivity contribution >= 4 is 11.8 Å². The summed E-state index contributed by atoms with van der Waals surface area (Å²) in [4.78, 5) is 24.6. The van der Waals surface area contributed by atoms with Crippen LogP contribution in [0.15, 0.2) is 48.5 Å². The van der Waals surface area contributed by atoms with Gasteiger partial charge in [-0.25, -0.2) is 0 Å². The molecule has 0 aliphatic rings. The number of hydrogen-bond donors (Lipinski definition) is 2. The molecule has 5 heteroatoms. The average molecular weight is 383 g/mol. The summed E-state index contributed by atoms with van der Waals surface area (Å²) in [6.45, 7) is 8.57. The minimum absolute atomic E-state index is 0.0338. The van der Waals surface area contributed by atoms with Gasteiger partial charge in [-0.3, -0.25) is 9.59 Å². The average Bonchev–Trinajstić information content (AvgIpc) is 2.67. The minimum atomic E-state index is -0.606. The van der Waals surface area contributed by atoms with E-state index in [1.807, 2.05) is 36.4 Å². The normalized spacial score (nSPS) is 12.2. The predicted molar refractivity (Wildman–Crippen MR) is 112 cm³/mol. The van der Waals surface area contributed by atoms with E-state index in [2.05, 4.69) is 31.4 Å². The van der Waals surface area contributed by atoms with E-state index in [0.717, 1.165) is 16.9 Å². The molecule has 0 spiro atoms. The van der Waals surface area contributed by atoms with Crippen LogP contribution in [0.5, 0.6) is 5.75 Å². The summed E-state index contributed by atoms with van der Waals surface area (Å²) in [7, 11) is 1.63. The zero-order valence-corrected chi connectivity index (χ0v) is 17.3. The Labute approximate surface area is 167 Å². The maximum absolute atomic E-state index is 12.4. The van der Waals surface area contributed by atoms with Crippen LogP contribution >= 0.6 is 0 Å². The fraction of sp³-hybridized carbons (Fsp3) is 0.391. The first-order chi connectivity index (χ1) is 13.2. The Bertz CT molecular complexity index is 790. The summed E-state index contributed by atoms with van der Waals surface area (Å²) in [5.41, 5.74) is 2.85. The van der Waals surface area contributed by atoms with E-state index >= 15 is 0 Å². The highest BCUT2D eigenvalue weighted by molar-refractivity contribution is 5.97. The molecule has 0 heterocycles. The van der Waals surface area contributed by atoms with Gasteiger partial charge in [-0.05, 0) is 54.2 Å². The molecular formula is C23H30N2O3. The first kappa shape index (κ1) is 21.5. The van der Waals surface area contributed by atoms with Crippen molar-refractivity contribution in [2.45, 2.75) is 45.6 Å². The number of amides is 2. The van der Waals surface area contributed by atoms with Gasteiger partial charge < -0.3 is 15.4 Å². The van der Waals surface area contributed by atoms with Gasteiger partial charge in [-0.1, -0.05) is 45.0 Å². The number of rotatable bonds is 7. The number of ether oxygens (including phenoxy) is 1. The molecule has 2 rings (SSSR count). The molecule has 1 atom stereocenters. The van der Waals surface area contributed by atoms with E-state index in [1.54, 1.807) is 26.2 Å². The summed E-state index contributed by atoms with van der Waals surface area (Å²) in [6.07, 6.45) is 0.713. The summed E-state index contributed by atoms with van der Waals surface area (Å²) in [5, 5.41) is 5.61. The van der Waals surface area contributed by atoms with Crippen LogP contribution in [0.25, 0.3) is 0 Å². The molecule has 0 fully saturated rings. The fourth-order valence-electron chi connectivity index (χ4n) is 2.74. The van der Waals surface area contributed by atoms with E-state index in [0.29, 0.717) is 18.5 Å². The van der Waals surface area contributed by atoms with E-state index in [-0.39, 0.29) is 17.2 Å². The van der Waals surface area contributed by atoms with Crippen molar-refractivity contribution in [3.05, 3.63) is 65.2 Å².